The van der Waals surface area contributed by atoms with E-state index in [1.54, 1.807) is 52.8 Å². The van der Waals surface area contributed by atoms with Crippen molar-refractivity contribution < 1.29 is 80.4 Å². The molecule has 6 amide bonds. The smallest absolute Gasteiger partial charge is 0.417 e. The summed E-state index contributed by atoms with van der Waals surface area (Å²) in [4.78, 5) is 123. The molecule has 0 radical (unpaired) electrons. The van der Waals surface area contributed by atoms with E-state index in [2.05, 4.69) is 38.5 Å². The second kappa shape index (κ2) is 32.0. The van der Waals surface area contributed by atoms with Gasteiger partial charge in [0.2, 0.25) is 11.8 Å². The number of primary amides is 1. The third kappa shape index (κ3) is 19.8. The van der Waals surface area contributed by atoms with Crippen molar-refractivity contribution >= 4 is 86.4 Å². The molecule has 2 aromatic rings. The molecule has 4 bridgehead atoms. The Hall–Kier alpha value is -6.47. The van der Waals surface area contributed by atoms with Gasteiger partial charge in [-0.25, -0.2) is 14.4 Å². The number of ketones is 3. The molecule has 0 aliphatic carbocycles. The highest BCUT2D eigenvalue weighted by Crippen LogP contribution is 2.49. The molecule has 3 aliphatic rings. The number of alkyl halides is 4. The molecular weight excluding hydrogens is 1250 g/mol. The summed E-state index contributed by atoms with van der Waals surface area (Å²) in [6.07, 6.45) is -3.40. The Labute approximate surface area is 531 Å². The average Bonchev–Trinajstić information content (AvgIpc) is 1.82. The minimum Gasteiger partial charge on any atom is -0.457 e. The van der Waals surface area contributed by atoms with Gasteiger partial charge in [-0.3, -0.25) is 34.1 Å². The minimum atomic E-state index is -5.19. The number of alkyl carbamates (subject to hydrolysis) is 1. The third-order valence-electron chi connectivity index (χ3n) is 16.9. The highest BCUT2D eigenvalue weighted by Gasteiger charge is 2.64. The van der Waals surface area contributed by atoms with Crippen LogP contribution >= 0.6 is 27.5 Å². The maximum Gasteiger partial charge on any atom is 0.417 e. The summed E-state index contributed by atoms with van der Waals surface area (Å²) in [5.41, 5.74) is 2.42. The Morgan fingerprint density at radius 3 is 2.34 bits per heavy atom. The number of benzene rings is 2. The van der Waals surface area contributed by atoms with Gasteiger partial charge in [-0.1, -0.05) is 104 Å². The van der Waals surface area contributed by atoms with Gasteiger partial charge in [0, 0.05) is 77.0 Å². The fourth-order valence-electron chi connectivity index (χ4n) is 11.2. The zero-order chi connectivity index (χ0) is 66.5. The number of Topliss-reactive ketones (excluding diaryl/α,β-unsaturated/α-hetero) is 3. The summed E-state index contributed by atoms with van der Waals surface area (Å²) in [6, 6.07) is 2.53. The van der Waals surface area contributed by atoms with Crippen LogP contribution in [-0.4, -0.2) is 144 Å². The summed E-state index contributed by atoms with van der Waals surface area (Å²) in [7, 11) is 3.96. The second-order valence-corrected chi connectivity index (χ2v) is 25.1. The van der Waals surface area contributed by atoms with Gasteiger partial charge < -0.3 is 50.2 Å². The number of aliphatic hydroxyl groups is 1. The first-order valence-electron chi connectivity index (χ1n) is 29.8. The lowest BCUT2D eigenvalue weighted by Gasteiger charge is -2.42. The highest BCUT2D eigenvalue weighted by atomic mass is 79.9. The van der Waals surface area contributed by atoms with Crippen molar-refractivity contribution in [3.05, 3.63) is 99.1 Å². The lowest BCUT2D eigenvalue weighted by atomic mass is 9.83. The van der Waals surface area contributed by atoms with Crippen LogP contribution in [0.5, 0.6) is 0 Å². The van der Waals surface area contributed by atoms with Crippen LogP contribution in [0.1, 0.15) is 145 Å². The van der Waals surface area contributed by atoms with Crippen molar-refractivity contribution in [3.63, 3.8) is 0 Å². The highest BCUT2D eigenvalue weighted by molar-refractivity contribution is 9.09. The van der Waals surface area contributed by atoms with Gasteiger partial charge in [-0.2, -0.15) is 13.2 Å². The standard InChI is InChI=1S/C64H85BrClF3N6O14/c1-35(2)45(31-43(76)19-14-12-13-15-21-49(77)38(5)34-65)57(80)72-47(20-17-25-71-60(70)83)50(78)30-41-23-24-44(46(28-41)64(67,68)69)58(81)74(9)40(7)59(82)88-53-32-54(79)75(10)48-29-42(27-37(4)55(48)66)26-36(3)18-16-22-52(86-11)63(85)33-51(87-61(84)73-63)39(6)56-62(53,8)89-56/h16,18,22-24,27-29,35,39-40,45,47,51-53,56,85H,5,12-15,17,19-21,25-26,30-34H2,1-4,6-11H3,(H,72,80)(H,73,84)(H3,70,71,83)/b22-16+,36-18+/t39-,40+,45+,47+,51+,52-,53+,56+,62+,63+/m1/s1. The van der Waals surface area contributed by atoms with Crippen LogP contribution < -0.4 is 26.6 Å². The molecule has 25 heteroatoms. The van der Waals surface area contributed by atoms with Gasteiger partial charge in [0.25, 0.3) is 5.91 Å². The van der Waals surface area contributed by atoms with Crippen LogP contribution in [0, 0.1) is 24.7 Å². The molecule has 5 rings (SSSR count). The number of nitrogens with two attached hydrogens (primary N) is 1. The van der Waals surface area contributed by atoms with Crippen LogP contribution in [0.15, 0.2) is 66.3 Å². The number of fused-ring (bicyclic) bond motifs is 5. The number of carbonyl (C=O) groups excluding carboxylic acids is 9. The van der Waals surface area contributed by atoms with E-state index >= 15 is 13.2 Å². The minimum absolute atomic E-state index is 0.00252. The fourth-order valence-corrected chi connectivity index (χ4v) is 11.7. The van der Waals surface area contributed by atoms with Crippen molar-refractivity contribution in [2.75, 3.05) is 38.0 Å². The van der Waals surface area contributed by atoms with Gasteiger partial charge >= 0.3 is 24.3 Å². The normalized spacial score (nSPS) is 24.1. The third-order valence-corrected chi connectivity index (χ3v) is 18.0. The molecule has 0 aromatic heterocycles. The number of rotatable bonds is 26. The molecular formula is C64H85BrClF3N6O14. The molecule has 89 heavy (non-hydrogen) atoms. The quantitative estimate of drug-likeness (QED) is 0.0193. The molecule has 3 heterocycles. The van der Waals surface area contributed by atoms with Gasteiger partial charge in [0.05, 0.1) is 40.4 Å². The van der Waals surface area contributed by atoms with Crippen LogP contribution in [0.3, 0.4) is 0 Å². The monoisotopic (exact) mass is 1330 g/mol. The zero-order valence-corrected chi connectivity index (χ0v) is 54.6. The predicted octanol–water partition coefficient (Wildman–Crippen LogP) is 9.28. The van der Waals surface area contributed by atoms with E-state index in [4.69, 9.17) is 36.3 Å². The second-order valence-electron chi connectivity index (χ2n) is 24.1. The number of anilines is 1. The average molecular weight is 1330 g/mol. The van der Waals surface area contributed by atoms with E-state index in [0.717, 1.165) is 35.2 Å². The van der Waals surface area contributed by atoms with Crippen molar-refractivity contribution in [1.82, 2.24) is 20.9 Å². The summed E-state index contributed by atoms with van der Waals surface area (Å²) < 4.78 is 69.1. The number of aryl methyl sites for hydroxylation is 1. The van der Waals surface area contributed by atoms with E-state index in [-0.39, 0.29) is 66.7 Å². The number of nitrogens with one attached hydrogen (secondary N) is 3. The van der Waals surface area contributed by atoms with Crippen LogP contribution in [0.2, 0.25) is 5.02 Å². The van der Waals surface area contributed by atoms with Crippen LogP contribution in [-0.2, 0) is 66.7 Å². The summed E-state index contributed by atoms with van der Waals surface area (Å²) in [5.74, 6) is -6.49. The van der Waals surface area contributed by atoms with E-state index in [1.807, 2.05) is 19.1 Å². The number of ether oxygens (including phenoxy) is 4. The van der Waals surface area contributed by atoms with Crippen LogP contribution in [0.25, 0.3) is 0 Å². The number of amides is 6. The maximum absolute atomic E-state index is 15.1. The number of hydrogen-bond acceptors (Lipinski definition) is 14. The molecule has 3 aliphatic heterocycles. The number of methoxy groups -OCH3 is 1. The number of nitrogens with zero attached hydrogens (tertiary/aromatic N) is 2. The molecule has 0 spiro atoms. The predicted molar refractivity (Wildman–Crippen MR) is 331 cm³/mol. The van der Waals surface area contributed by atoms with Gasteiger partial charge in [0.1, 0.15) is 35.7 Å². The molecule has 2 aromatic carbocycles. The summed E-state index contributed by atoms with van der Waals surface area (Å²) in [6.45, 7) is 15.3. The first kappa shape index (κ1) is 73.3. The molecule has 10 atom stereocenters. The van der Waals surface area contributed by atoms with E-state index in [1.165, 1.54) is 26.0 Å². The summed E-state index contributed by atoms with van der Waals surface area (Å²) >= 11 is 10.1. The molecule has 6 N–H and O–H groups in total. The number of esters is 1. The Balaban J connectivity index is 1.37. The zero-order valence-electron chi connectivity index (χ0n) is 52.2. The van der Waals surface area contributed by atoms with Gasteiger partial charge in [0.15, 0.2) is 17.3 Å². The SMILES string of the molecule is C=C(CBr)C(=O)CCCCCCC(=O)C[C@H](C(=O)N[C@@H](CCCNC(N)=O)C(=O)Cc1ccc(C(=O)N(C)[C@@H](C)C(=O)O[C@H]2CC(=O)N(C)c3cc(cc(C)c3Cl)C/C(C)=C/C=C/[C@@H](OC)[C@@]3(O)C[C@H](OC(=O)N3)[C@@H](C)[C@@H]3O[C@@]23C)c(C(F)(F)F)c1)C(C)C. The number of urea groups is 1. The number of carbonyl (C=O) groups is 9. The van der Waals surface area contributed by atoms with Crippen molar-refractivity contribution in [2.45, 2.75) is 186 Å². The molecule has 2 saturated heterocycles. The van der Waals surface area contributed by atoms with Crippen molar-refractivity contribution in [3.8, 4) is 0 Å². The van der Waals surface area contributed by atoms with Gasteiger partial charge in [-0.05, 0) is 106 Å². The first-order valence-corrected chi connectivity index (χ1v) is 31.3. The lowest BCUT2D eigenvalue weighted by Crippen LogP contribution is -2.63. The number of hydrogen-bond donors (Lipinski definition) is 5. The van der Waals surface area contributed by atoms with Gasteiger partial charge in [-0.15, -0.1) is 0 Å². The van der Waals surface area contributed by atoms with Crippen molar-refractivity contribution in [1.29, 1.82) is 0 Å². The van der Waals surface area contributed by atoms with E-state index < -0.39 is 131 Å². The largest absolute Gasteiger partial charge is 0.457 e. The number of halogens is 5. The topological polar surface area (TPSA) is 283 Å². The Morgan fingerprint density at radius 1 is 1.03 bits per heavy atom. The molecule has 20 nitrogen and oxygen atoms in total. The lowest BCUT2D eigenvalue weighted by molar-refractivity contribution is -0.158. The Bertz CT molecular complexity index is 3050. The molecule has 0 saturated carbocycles. The van der Waals surface area contributed by atoms with Crippen molar-refractivity contribution in [2.24, 2.45) is 23.5 Å². The number of epoxide rings is 1. The number of unbranched alkanes of at least 4 members (excludes halogenated alkanes) is 3. The Morgan fingerprint density at radius 2 is 1.71 bits per heavy atom. The fraction of sp³-hybridized carbons (Fsp3) is 0.578. The number of allylic oxidation sites excluding steroid dienone is 4. The molecule has 2 fully saturated rings. The van der Waals surface area contributed by atoms with E-state index in [9.17, 15) is 48.3 Å². The first-order chi connectivity index (χ1) is 41.6. The van der Waals surface area contributed by atoms with Crippen LogP contribution in [0.4, 0.5) is 28.4 Å². The maximum atomic E-state index is 15.1. The Kier molecular flexibility index (Phi) is 26.3. The van der Waals surface area contributed by atoms with E-state index in [0.29, 0.717) is 66.7 Å². The summed E-state index contributed by atoms with van der Waals surface area (Å²) in [5, 5.41) is 20.1. The molecule has 490 valence electrons. The number of likely N-dealkylation sites (N-methyl/N-ethyl adjacent to an activating group) is 1. The molecule has 0 unspecified atom stereocenters.